The first-order valence-electron chi connectivity index (χ1n) is 10.2. The van der Waals surface area contributed by atoms with E-state index in [0.717, 1.165) is 0 Å². The number of thioether (sulfide) groups is 1. The monoisotopic (exact) mass is 490 g/mol. The van der Waals surface area contributed by atoms with Gasteiger partial charge in [0.1, 0.15) is 18.1 Å². The standard InChI is InChI=1S/C19H34N6O7S/c1-9(2)15(19(31)32)25-17(29)11(4-5-13(21)26)23-18(30)12(8-14(22)27)24-16(28)10(20)6-7-33-3/h9-12,15H,4-8,20H2,1-3H3,(H2,21,26)(H2,22,27)(H,23,30)(H,24,28)(H,25,29)(H,31,32). The van der Waals surface area contributed by atoms with Crippen LogP contribution in [0.2, 0.25) is 0 Å². The Morgan fingerprint density at radius 1 is 0.848 bits per heavy atom. The summed E-state index contributed by atoms with van der Waals surface area (Å²) in [6.45, 7) is 3.16. The van der Waals surface area contributed by atoms with Crippen molar-refractivity contribution in [2.75, 3.05) is 12.0 Å². The van der Waals surface area contributed by atoms with E-state index in [-0.39, 0.29) is 12.8 Å². The molecular weight excluding hydrogens is 456 g/mol. The highest BCUT2D eigenvalue weighted by atomic mass is 32.2. The molecule has 14 heteroatoms. The molecule has 0 fully saturated rings. The summed E-state index contributed by atoms with van der Waals surface area (Å²) in [5.74, 6) is -5.28. The zero-order valence-corrected chi connectivity index (χ0v) is 19.8. The van der Waals surface area contributed by atoms with Gasteiger partial charge in [0.15, 0.2) is 0 Å². The minimum absolute atomic E-state index is 0.234. The normalized spacial score (nSPS) is 14.5. The molecule has 5 amide bonds. The summed E-state index contributed by atoms with van der Waals surface area (Å²) < 4.78 is 0. The Bertz CT molecular complexity index is 733. The van der Waals surface area contributed by atoms with E-state index in [1.54, 1.807) is 13.8 Å². The van der Waals surface area contributed by atoms with Crippen LogP contribution in [0.1, 0.15) is 39.5 Å². The van der Waals surface area contributed by atoms with Crippen LogP contribution in [-0.2, 0) is 28.8 Å². The van der Waals surface area contributed by atoms with Crippen LogP contribution >= 0.6 is 11.8 Å². The molecule has 0 aliphatic rings. The molecule has 4 unspecified atom stereocenters. The van der Waals surface area contributed by atoms with Crippen molar-refractivity contribution in [3.05, 3.63) is 0 Å². The Hall–Kier alpha value is -2.87. The van der Waals surface area contributed by atoms with Gasteiger partial charge in [0, 0.05) is 6.42 Å². The van der Waals surface area contributed by atoms with Crippen LogP contribution in [0.25, 0.3) is 0 Å². The maximum atomic E-state index is 12.8. The number of carboxylic acids is 1. The van der Waals surface area contributed by atoms with Crippen LogP contribution < -0.4 is 33.2 Å². The number of nitrogens with one attached hydrogen (secondary N) is 3. The number of carbonyl (C=O) groups excluding carboxylic acids is 5. The fourth-order valence-electron chi connectivity index (χ4n) is 2.66. The molecule has 0 radical (unpaired) electrons. The zero-order valence-electron chi connectivity index (χ0n) is 19.0. The second-order valence-electron chi connectivity index (χ2n) is 7.75. The maximum absolute atomic E-state index is 12.8. The lowest BCUT2D eigenvalue weighted by Crippen LogP contribution is -2.58. The first kappa shape index (κ1) is 30.1. The number of nitrogens with two attached hydrogens (primary N) is 3. The van der Waals surface area contributed by atoms with E-state index in [0.29, 0.717) is 12.2 Å². The molecule has 0 aliphatic carbocycles. The van der Waals surface area contributed by atoms with Crippen molar-refractivity contribution in [1.29, 1.82) is 0 Å². The van der Waals surface area contributed by atoms with Gasteiger partial charge in [0.05, 0.1) is 12.5 Å². The molecule has 188 valence electrons. The number of carboxylic acid groups (broad SMARTS) is 1. The minimum atomic E-state index is -1.43. The number of amides is 5. The summed E-state index contributed by atoms with van der Waals surface area (Å²) in [7, 11) is 0. The van der Waals surface area contributed by atoms with E-state index < -0.39 is 72.0 Å². The van der Waals surface area contributed by atoms with E-state index in [9.17, 15) is 33.9 Å². The fraction of sp³-hybridized carbons (Fsp3) is 0.684. The molecule has 0 saturated carbocycles. The third kappa shape index (κ3) is 12.1. The maximum Gasteiger partial charge on any atom is 0.326 e. The second kappa shape index (κ2) is 15.1. The Balaban J connectivity index is 5.54. The van der Waals surface area contributed by atoms with E-state index in [1.807, 2.05) is 6.26 Å². The van der Waals surface area contributed by atoms with Crippen LogP contribution in [0.3, 0.4) is 0 Å². The van der Waals surface area contributed by atoms with Crippen LogP contribution in [-0.4, -0.2) is 76.8 Å². The van der Waals surface area contributed by atoms with Crippen LogP contribution in [0, 0.1) is 5.92 Å². The summed E-state index contributed by atoms with van der Waals surface area (Å²) in [6, 6.07) is -4.97. The van der Waals surface area contributed by atoms with Crippen molar-refractivity contribution in [2.45, 2.75) is 63.7 Å². The van der Waals surface area contributed by atoms with E-state index >= 15 is 0 Å². The predicted octanol–water partition coefficient (Wildman–Crippen LogP) is -2.60. The van der Waals surface area contributed by atoms with Crippen molar-refractivity contribution in [3.8, 4) is 0 Å². The zero-order chi connectivity index (χ0) is 25.7. The Labute approximate surface area is 196 Å². The van der Waals surface area contributed by atoms with Crippen molar-refractivity contribution < 1.29 is 33.9 Å². The molecule has 0 heterocycles. The van der Waals surface area contributed by atoms with E-state index in [1.165, 1.54) is 11.8 Å². The van der Waals surface area contributed by atoms with E-state index in [4.69, 9.17) is 17.2 Å². The number of rotatable bonds is 16. The summed E-state index contributed by atoms with van der Waals surface area (Å²) in [5.41, 5.74) is 16.1. The van der Waals surface area contributed by atoms with Gasteiger partial charge in [0.2, 0.25) is 29.5 Å². The summed E-state index contributed by atoms with van der Waals surface area (Å²) >= 11 is 1.47. The second-order valence-corrected chi connectivity index (χ2v) is 8.74. The molecule has 4 atom stereocenters. The van der Waals surface area contributed by atoms with Gasteiger partial charge in [-0.15, -0.1) is 0 Å². The first-order chi connectivity index (χ1) is 15.3. The average molecular weight is 491 g/mol. The lowest BCUT2D eigenvalue weighted by Gasteiger charge is -2.25. The van der Waals surface area contributed by atoms with Gasteiger partial charge >= 0.3 is 5.97 Å². The van der Waals surface area contributed by atoms with Gasteiger partial charge in [-0.1, -0.05) is 13.8 Å². The van der Waals surface area contributed by atoms with E-state index in [2.05, 4.69) is 16.0 Å². The SMILES string of the molecule is CSCCC(N)C(=O)NC(CC(N)=O)C(=O)NC(CCC(N)=O)C(=O)NC(C(=O)O)C(C)C. The molecule has 10 N–H and O–H groups in total. The van der Waals surface area contributed by atoms with Gasteiger partial charge in [-0.2, -0.15) is 11.8 Å². The van der Waals surface area contributed by atoms with Crippen molar-refractivity contribution in [1.82, 2.24) is 16.0 Å². The van der Waals surface area contributed by atoms with Gasteiger partial charge in [-0.05, 0) is 30.8 Å². The lowest BCUT2D eigenvalue weighted by molar-refractivity contribution is -0.143. The molecule has 0 spiro atoms. The van der Waals surface area contributed by atoms with Crippen LogP contribution in [0.15, 0.2) is 0 Å². The minimum Gasteiger partial charge on any atom is -0.480 e. The van der Waals surface area contributed by atoms with Gasteiger partial charge in [0.25, 0.3) is 0 Å². The van der Waals surface area contributed by atoms with Crippen LogP contribution in [0.4, 0.5) is 0 Å². The smallest absolute Gasteiger partial charge is 0.326 e. The summed E-state index contributed by atoms with van der Waals surface area (Å²) in [6.07, 6.45) is 1.07. The number of primary amides is 2. The van der Waals surface area contributed by atoms with Gasteiger partial charge in [-0.3, -0.25) is 24.0 Å². The molecule has 0 bridgehead atoms. The highest BCUT2D eigenvalue weighted by Crippen LogP contribution is 2.06. The highest BCUT2D eigenvalue weighted by Gasteiger charge is 2.32. The molecule has 33 heavy (non-hydrogen) atoms. The number of aliphatic carboxylic acids is 1. The quantitative estimate of drug-likeness (QED) is 0.120. The van der Waals surface area contributed by atoms with Crippen molar-refractivity contribution in [3.63, 3.8) is 0 Å². The topological polar surface area (TPSA) is 237 Å². The molecular formula is C19H34N6O7S. The molecule has 0 saturated heterocycles. The van der Waals surface area contributed by atoms with Gasteiger partial charge in [-0.25, -0.2) is 4.79 Å². The highest BCUT2D eigenvalue weighted by molar-refractivity contribution is 7.98. The fourth-order valence-corrected chi connectivity index (χ4v) is 3.15. The Morgan fingerprint density at radius 2 is 1.39 bits per heavy atom. The molecule has 0 rings (SSSR count). The Kier molecular flexibility index (Phi) is 13.7. The predicted molar refractivity (Wildman–Crippen MR) is 121 cm³/mol. The number of carbonyl (C=O) groups is 6. The molecule has 0 aliphatic heterocycles. The van der Waals surface area contributed by atoms with Crippen molar-refractivity contribution in [2.24, 2.45) is 23.1 Å². The molecule has 13 nitrogen and oxygen atoms in total. The summed E-state index contributed by atoms with van der Waals surface area (Å²) in [4.78, 5) is 71.7. The third-order valence-electron chi connectivity index (χ3n) is 4.55. The molecule has 0 aromatic rings. The molecule has 0 aromatic heterocycles. The third-order valence-corrected chi connectivity index (χ3v) is 5.19. The number of hydrogen-bond acceptors (Lipinski definition) is 8. The summed E-state index contributed by atoms with van der Waals surface area (Å²) in [5, 5.41) is 16.3. The largest absolute Gasteiger partial charge is 0.480 e. The Morgan fingerprint density at radius 3 is 1.85 bits per heavy atom. The van der Waals surface area contributed by atoms with Crippen LogP contribution in [0.5, 0.6) is 0 Å². The van der Waals surface area contributed by atoms with Crippen molar-refractivity contribution >= 4 is 47.3 Å². The lowest BCUT2D eigenvalue weighted by atomic mass is 10.0. The first-order valence-corrected chi connectivity index (χ1v) is 11.6. The average Bonchev–Trinajstić information content (AvgIpc) is 2.71. The molecule has 0 aromatic carbocycles. The number of hydrogen-bond donors (Lipinski definition) is 7. The van der Waals surface area contributed by atoms with Gasteiger partial charge < -0.3 is 38.3 Å².